The van der Waals surface area contributed by atoms with Gasteiger partial charge in [0, 0.05) is 12.7 Å². The van der Waals surface area contributed by atoms with Gasteiger partial charge in [-0.2, -0.15) is 13.2 Å². The molecule has 1 saturated carbocycles. The summed E-state index contributed by atoms with van der Waals surface area (Å²) in [5.74, 6) is 1.50. The van der Waals surface area contributed by atoms with Crippen molar-refractivity contribution in [3.05, 3.63) is 53.2 Å². The zero-order valence-electron chi connectivity index (χ0n) is 12.7. The fraction of sp³-hybridized carbons (Fsp3) is 0.353. The van der Waals surface area contributed by atoms with Gasteiger partial charge in [0.05, 0.1) is 12.7 Å². The molecule has 0 saturated heterocycles. The lowest BCUT2D eigenvalue weighted by Gasteiger charge is -2.13. The van der Waals surface area contributed by atoms with Gasteiger partial charge in [-0.3, -0.25) is 0 Å². The molecule has 122 valence electrons. The number of methoxy groups -OCH3 is 1. The van der Waals surface area contributed by atoms with Crippen LogP contribution in [0.4, 0.5) is 19.0 Å². The molecule has 0 bridgehead atoms. The summed E-state index contributed by atoms with van der Waals surface area (Å²) in [6.45, 7) is 0.414. The Hall–Kier alpha value is -2.24. The molecular weight excluding hydrogens is 305 g/mol. The molecule has 6 heteroatoms. The molecule has 1 fully saturated rings. The zero-order valence-corrected chi connectivity index (χ0v) is 12.7. The number of ether oxygens (including phenoxy) is 1. The average Bonchev–Trinajstić information content (AvgIpc) is 3.37. The topological polar surface area (TPSA) is 34.1 Å². The van der Waals surface area contributed by atoms with Crippen molar-refractivity contribution in [1.82, 2.24) is 4.98 Å². The molecule has 0 radical (unpaired) electrons. The number of anilines is 1. The lowest BCUT2D eigenvalue weighted by Crippen LogP contribution is -2.08. The first-order valence-electron chi connectivity index (χ1n) is 7.41. The molecule has 1 aliphatic rings. The molecule has 1 aromatic heterocycles. The van der Waals surface area contributed by atoms with Crippen LogP contribution >= 0.6 is 0 Å². The number of rotatable bonds is 5. The van der Waals surface area contributed by atoms with Crippen LogP contribution in [-0.2, 0) is 12.7 Å². The van der Waals surface area contributed by atoms with E-state index in [2.05, 4.69) is 10.3 Å². The summed E-state index contributed by atoms with van der Waals surface area (Å²) in [6.07, 6.45) is -0.894. The largest absolute Gasteiger partial charge is 0.497 e. The van der Waals surface area contributed by atoms with Gasteiger partial charge in [0.1, 0.15) is 11.6 Å². The van der Waals surface area contributed by atoms with Crippen molar-refractivity contribution in [1.29, 1.82) is 0 Å². The lowest BCUT2D eigenvalue weighted by atomic mass is 10.0. The van der Waals surface area contributed by atoms with E-state index in [1.807, 2.05) is 18.2 Å². The fourth-order valence-electron chi connectivity index (χ4n) is 2.54. The van der Waals surface area contributed by atoms with E-state index in [4.69, 9.17) is 4.74 Å². The van der Waals surface area contributed by atoms with E-state index in [0.717, 1.165) is 36.3 Å². The summed E-state index contributed by atoms with van der Waals surface area (Å²) in [5, 5.41) is 2.98. The number of alkyl halides is 3. The van der Waals surface area contributed by atoms with Crippen LogP contribution in [0.25, 0.3) is 0 Å². The van der Waals surface area contributed by atoms with Crippen molar-refractivity contribution >= 4 is 5.82 Å². The molecule has 1 aromatic carbocycles. The average molecular weight is 322 g/mol. The van der Waals surface area contributed by atoms with Crippen molar-refractivity contribution in [3.63, 3.8) is 0 Å². The van der Waals surface area contributed by atoms with Crippen LogP contribution in [0.15, 0.2) is 36.5 Å². The Morgan fingerprint density at radius 1 is 1.22 bits per heavy atom. The van der Waals surface area contributed by atoms with Gasteiger partial charge in [-0.05, 0) is 54.2 Å². The Balaban J connectivity index is 1.78. The highest BCUT2D eigenvalue weighted by atomic mass is 19.4. The zero-order chi connectivity index (χ0) is 16.4. The van der Waals surface area contributed by atoms with Crippen molar-refractivity contribution < 1.29 is 17.9 Å². The number of nitrogens with one attached hydrogen (secondary N) is 1. The van der Waals surface area contributed by atoms with Gasteiger partial charge in [0.2, 0.25) is 0 Å². The Bertz CT molecular complexity index is 696. The van der Waals surface area contributed by atoms with E-state index >= 15 is 0 Å². The molecular formula is C17H17F3N2O. The van der Waals surface area contributed by atoms with Gasteiger partial charge < -0.3 is 10.1 Å². The summed E-state index contributed by atoms with van der Waals surface area (Å²) in [5.41, 5.74) is 1.55. The number of benzene rings is 1. The van der Waals surface area contributed by atoms with Crippen LogP contribution in [0.3, 0.4) is 0 Å². The SMILES string of the molecule is COc1ccc(C2CC2)c(CNc2cc(C(F)(F)F)ccn2)c1. The summed E-state index contributed by atoms with van der Waals surface area (Å²) < 4.78 is 43.4. The van der Waals surface area contributed by atoms with Crippen molar-refractivity contribution in [2.24, 2.45) is 0 Å². The van der Waals surface area contributed by atoms with Gasteiger partial charge >= 0.3 is 6.18 Å². The molecule has 0 unspecified atom stereocenters. The Labute approximate surface area is 132 Å². The summed E-state index contributed by atoms with van der Waals surface area (Å²) >= 11 is 0. The van der Waals surface area contributed by atoms with Crippen LogP contribution in [-0.4, -0.2) is 12.1 Å². The number of nitrogens with zero attached hydrogens (tertiary/aromatic N) is 1. The molecule has 1 heterocycles. The molecule has 3 rings (SSSR count). The highest BCUT2D eigenvalue weighted by Crippen LogP contribution is 2.42. The molecule has 0 amide bonds. The van der Waals surface area contributed by atoms with Crippen LogP contribution in [0.2, 0.25) is 0 Å². The normalized spacial score (nSPS) is 14.6. The molecule has 0 atom stereocenters. The van der Waals surface area contributed by atoms with Crippen molar-refractivity contribution in [2.75, 3.05) is 12.4 Å². The fourth-order valence-corrected chi connectivity index (χ4v) is 2.54. The van der Waals surface area contributed by atoms with Crippen LogP contribution in [0.5, 0.6) is 5.75 Å². The second-order valence-corrected chi connectivity index (χ2v) is 5.62. The van der Waals surface area contributed by atoms with E-state index in [9.17, 15) is 13.2 Å². The third-order valence-corrected chi connectivity index (χ3v) is 3.91. The van der Waals surface area contributed by atoms with E-state index < -0.39 is 11.7 Å². The third-order valence-electron chi connectivity index (χ3n) is 3.91. The maximum absolute atomic E-state index is 12.7. The maximum Gasteiger partial charge on any atom is 0.416 e. The maximum atomic E-state index is 12.7. The Kier molecular flexibility index (Phi) is 4.15. The number of aromatic nitrogens is 1. The van der Waals surface area contributed by atoms with Crippen LogP contribution < -0.4 is 10.1 Å². The van der Waals surface area contributed by atoms with E-state index in [1.54, 1.807) is 7.11 Å². The third kappa shape index (κ3) is 3.75. The highest BCUT2D eigenvalue weighted by Gasteiger charge is 2.31. The minimum Gasteiger partial charge on any atom is -0.497 e. The quantitative estimate of drug-likeness (QED) is 0.873. The van der Waals surface area contributed by atoms with Crippen LogP contribution in [0.1, 0.15) is 35.4 Å². The minimum absolute atomic E-state index is 0.212. The summed E-state index contributed by atoms with van der Waals surface area (Å²) in [7, 11) is 1.59. The second-order valence-electron chi connectivity index (χ2n) is 5.62. The van der Waals surface area contributed by atoms with Gasteiger partial charge in [-0.1, -0.05) is 6.07 Å². The van der Waals surface area contributed by atoms with E-state index in [0.29, 0.717) is 12.5 Å². The van der Waals surface area contributed by atoms with E-state index in [1.165, 1.54) is 11.8 Å². The molecule has 1 aliphatic carbocycles. The number of hydrogen-bond donors (Lipinski definition) is 1. The summed E-state index contributed by atoms with van der Waals surface area (Å²) in [4.78, 5) is 3.96. The Morgan fingerprint density at radius 2 is 2.00 bits per heavy atom. The first-order valence-corrected chi connectivity index (χ1v) is 7.41. The predicted octanol–water partition coefficient (Wildman–Crippen LogP) is 4.60. The van der Waals surface area contributed by atoms with Crippen LogP contribution in [0, 0.1) is 0 Å². The Morgan fingerprint density at radius 3 is 2.65 bits per heavy atom. The molecule has 3 nitrogen and oxygen atoms in total. The summed E-state index contributed by atoms with van der Waals surface area (Å²) in [6, 6.07) is 7.87. The second kappa shape index (κ2) is 6.10. The molecule has 23 heavy (non-hydrogen) atoms. The minimum atomic E-state index is -4.37. The smallest absolute Gasteiger partial charge is 0.416 e. The first-order chi connectivity index (χ1) is 11.0. The molecule has 0 spiro atoms. The number of hydrogen-bond acceptors (Lipinski definition) is 3. The van der Waals surface area contributed by atoms with Gasteiger partial charge in [0.15, 0.2) is 0 Å². The monoisotopic (exact) mass is 322 g/mol. The standard InChI is InChI=1S/C17H17F3N2O/c1-23-14-4-5-15(11-2-3-11)12(8-14)10-22-16-9-13(6-7-21-16)17(18,19)20/h4-9,11H,2-3,10H2,1H3,(H,21,22). The molecule has 0 aliphatic heterocycles. The van der Waals surface area contributed by atoms with E-state index in [-0.39, 0.29) is 5.82 Å². The first kappa shape index (κ1) is 15.6. The number of pyridine rings is 1. The van der Waals surface area contributed by atoms with Gasteiger partial charge in [-0.25, -0.2) is 4.98 Å². The predicted molar refractivity (Wildman–Crippen MR) is 81.5 cm³/mol. The van der Waals surface area contributed by atoms with Gasteiger partial charge in [-0.15, -0.1) is 0 Å². The highest BCUT2D eigenvalue weighted by molar-refractivity contribution is 5.44. The van der Waals surface area contributed by atoms with Crippen molar-refractivity contribution in [2.45, 2.75) is 31.5 Å². The van der Waals surface area contributed by atoms with Gasteiger partial charge in [0.25, 0.3) is 0 Å². The molecule has 1 N–H and O–H groups in total. The number of halogens is 3. The molecule has 2 aromatic rings. The lowest BCUT2D eigenvalue weighted by molar-refractivity contribution is -0.137. The van der Waals surface area contributed by atoms with Crippen molar-refractivity contribution in [3.8, 4) is 5.75 Å².